The molecule has 2 aromatic carbocycles. The molecule has 5 heteroatoms. The third-order valence-electron chi connectivity index (χ3n) is 6.54. The van der Waals surface area contributed by atoms with Gasteiger partial charge in [0.2, 0.25) is 0 Å². The summed E-state index contributed by atoms with van der Waals surface area (Å²) < 4.78 is 13.4. The second kappa shape index (κ2) is 9.28. The van der Waals surface area contributed by atoms with Crippen LogP contribution in [-0.2, 0) is 11.3 Å². The average molecular weight is 444 g/mol. The Morgan fingerprint density at radius 3 is 2.76 bits per heavy atom. The number of carboxylic acid groups (broad SMARTS) is 1. The van der Waals surface area contributed by atoms with E-state index in [1.165, 1.54) is 12.8 Å². The zero-order chi connectivity index (χ0) is 22.8. The normalized spacial score (nSPS) is 18.2. The molecule has 170 valence electrons. The van der Waals surface area contributed by atoms with E-state index in [2.05, 4.69) is 0 Å². The molecule has 1 fully saturated rings. The minimum Gasteiger partial charge on any atom is -0.493 e. The summed E-state index contributed by atoms with van der Waals surface area (Å²) in [4.78, 5) is 12.6. The van der Waals surface area contributed by atoms with E-state index < -0.39 is 5.97 Å². The van der Waals surface area contributed by atoms with Crippen LogP contribution in [0.1, 0.15) is 47.3 Å². The minimum atomic E-state index is -0.917. The van der Waals surface area contributed by atoms with Crippen molar-refractivity contribution in [2.24, 2.45) is 5.92 Å². The van der Waals surface area contributed by atoms with Gasteiger partial charge < -0.3 is 19.1 Å². The second-order valence-electron chi connectivity index (χ2n) is 8.92. The number of carboxylic acids is 1. The highest BCUT2D eigenvalue weighted by Gasteiger charge is 2.26. The highest BCUT2D eigenvalue weighted by molar-refractivity contribution is 6.05. The number of carbonyl (C=O) groups is 1. The zero-order valence-electron chi connectivity index (χ0n) is 18.9. The number of aromatic nitrogens is 1. The topological polar surface area (TPSA) is 60.7 Å². The van der Waals surface area contributed by atoms with Crippen LogP contribution in [0.4, 0.5) is 0 Å². The summed E-state index contributed by atoms with van der Waals surface area (Å²) in [5.41, 5.74) is 4.11. The summed E-state index contributed by atoms with van der Waals surface area (Å²) in [6, 6.07) is 16.0. The molecule has 1 saturated carbocycles. The molecule has 0 radical (unpaired) electrons. The van der Waals surface area contributed by atoms with Crippen molar-refractivity contribution >= 4 is 22.4 Å². The molecular formula is C28H29NO4. The molecule has 1 aromatic heterocycles. The Morgan fingerprint density at radius 1 is 1.12 bits per heavy atom. The molecule has 0 bridgehead atoms. The molecule has 1 N–H and O–H groups in total. The zero-order valence-corrected chi connectivity index (χ0v) is 18.9. The first kappa shape index (κ1) is 21.5. The lowest BCUT2D eigenvalue weighted by molar-refractivity contribution is 0.0686. The van der Waals surface area contributed by atoms with Gasteiger partial charge in [0.15, 0.2) is 0 Å². The van der Waals surface area contributed by atoms with Crippen molar-refractivity contribution in [3.63, 3.8) is 0 Å². The highest BCUT2D eigenvalue weighted by Crippen LogP contribution is 2.36. The maximum absolute atomic E-state index is 12.6. The average Bonchev–Trinajstić information content (AvgIpc) is 3.63. The molecule has 1 heterocycles. The number of benzene rings is 2. The number of hydrogen-bond acceptors (Lipinski definition) is 3. The monoisotopic (exact) mass is 443 g/mol. The third-order valence-corrected chi connectivity index (χ3v) is 6.54. The maximum atomic E-state index is 12.6. The molecule has 0 spiro atoms. The molecule has 3 aromatic rings. The number of ether oxygens (including phenoxy) is 2. The van der Waals surface area contributed by atoms with E-state index in [9.17, 15) is 9.90 Å². The van der Waals surface area contributed by atoms with Crippen LogP contribution in [0, 0.1) is 5.92 Å². The molecule has 1 unspecified atom stereocenters. The fraction of sp³-hybridized carbons (Fsp3) is 0.321. The number of hydrogen-bond donors (Lipinski definition) is 1. The van der Waals surface area contributed by atoms with Gasteiger partial charge in [-0.2, -0.15) is 0 Å². The summed E-state index contributed by atoms with van der Waals surface area (Å²) in [6.45, 7) is 1.22. The van der Waals surface area contributed by atoms with Crippen LogP contribution >= 0.6 is 0 Å². The van der Waals surface area contributed by atoms with E-state index >= 15 is 0 Å². The third kappa shape index (κ3) is 4.60. The first-order chi connectivity index (χ1) is 16.1. The summed E-state index contributed by atoms with van der Waals surface area (Å²) in [5, 5.41) is 11.3. The van der Waals surface area contributed by atoms with Crippen molar-refractivity contribution in [2.45, 2.75) is 38.3 Å². The lowest BCUT2D eigenvalue weighted by Gasteiger charge is -2.13. The van der Waals surface area contributed by atoms with Crippen LogP contribution in [0.25, 0.3) is 16.5 Å². The predicted molar refractivity (Wildman–Crippen MR) is 130 cm³/mol. The molecule has 0 amide bonds. The van der Waals surface area contributed by atoms with E-state index in [0.29, 0.717) is 18.2 Å². The minimum absolute atomic E-state index is 0.0405. The largest absolute Gasteiger partial charge is 0.493 e. The van der Waals surface area contributed by atoms with Crippen LogP contribution in [0.5, 0.6) is 5.75 Å². The van der Waals surface area contributed by atoms with Gasteiger partial charge in [-0.15, -0.1) is 0 Å². The van der Waals surface area contributed by atoms with Crippen molar-refractivity contribution in [1.29, 1.82) is 0 Å². The first-order valence-corrected chi connectivity index (χ1v) is 11.6. The molecule has 0 saturated heterocycles. The van der Waals surface area contributed by atoms with Crippen LogP contribution in [-0.4, -0.2) is 35.5 Å². The van der Waals surface area contributed by atoms with Crippen molar-refractivity contribution in [2.75, 3.05) is 13.7 Å². The van der Waals surface area contributed by atoms with Crippen molar-refractivity contribution in [3.05, 3.63) is 83.6 Å². The van der Waals surface area contributed by atoms with Gasteiger partial charge >= 0.3 is 5.97 Å². The van der Waals surface area contributed by atoms with E-state index in [1.54, 1.807) is 7.11 Å². The molecule has 2 aliphatic rings. The Hall–Kier alpha value is -3.31. The summed E-state index contributed by atoms with van der Waals surface area (Å²) in [5.74, 6) is 0.609. The smallest absolute Gasteiger partial charge is 0.353 e. The van der Waals surface area contributed by atoms with E-state index in [4.69, 9.17) is 9.47 Å². The Balaban J connectivity index is 1.55. The number of para-hydroxylation sites is 1. The van der Waals surface area contributed by atoms with E-state index in [0.717, 1.165) is 52.8 Å². The molecule has 5 rings (SSSR count). The molecular weight excluding hydrogens is 414 g/mol. The van der Waals surface area contributed by atoms with Crippen LogP contribution < -0.4 is 4.74 Å². The van der Waals surface area contributed by atoms with Crippen molar-refractivity contribution in [3.8, 4) is 5.75 Å². The molecule has 33 heavy (non-hydrogen) atoms. The lowest BCUT2D eigenvalue weighted by Crippen LogP contribution is -2.12. The Bertz CT molecular complexity index is 1230. The standard InChI is InChI=1S/C28H29NO4/c1-32-22-8-5-7-21(14-15-22)26-24-10-2-3-11-25(24)29(27(26)28(30)31)17-20-6-4-9-23(16-20)33-18-19-12-13-19/h2-11,16,19,22H,12-15,17-18H2,1H3,(H,30,31). The van der Waals surface area contributed by atoms with E-state index in [-0.39, 0.29) is 6.10 Å². The SMILES string of the molecule is COC1C=CC=C(c2c(C(=O)O)n(Cc3cccc(OCC4CC4)c3)c3ccccc23)CC1. The van der Waals surface area contributed by atoms with Gasteiger partial charge in [0, 0.05) is 30.1 Å². The molecule has 0 aliphatic heterocycles. The summed E-state index contributed by atoms with van der Waals surface area (Å²) in [6.07, 6.45) is 10.1. The Labute approximate surface area is 193 Å². The van der Waals surface area contributed by atoms with Crippen LogP contribution in [0.15, 0.2) is 66.8 Å². The number of rotatable bonds is 8. The number of nitrogens with zero attached hydrogens (tertiary/aromatic N) is 1. The maximum Gasteiger partial charge on any atom is 0.353 e. The van der Waals surface area contributed by atoms with Gasteiger partial charge in [-0.3, -0.25) is 0 Å². The quantitative estimate of drug-likeness (QED) is 0.469. The second-order valence-corrected chi connectivity index (χ2v) is 8.92. The fourth-order valence-electron chi connectivity index (χ4n) is 4.61. The summed E-state index contributed by atoms with van der Waals surface area (Å²) in [7, 11) is 1.71. The summed E-state index contributed by atoms with van der Waals surface area (Å²) >= 11 is 0. The van der Waals surface area contributed by atoms with Gasteiger partial charge in [-0.05, 0) is 60.9 Å². The number of fused-ring (bicyclic) bond motifs is 1. The predicted octanol–water partition coefficient (Wildman–Crippen LogP) is 5.93. The first-order valence-electron chi connectivity index (χ1n) is 11.6. The number of methoxy groups -OCH3 is 1. The van der Waals surface area contributed by atoms with Gasteiger partial charge in [-0.1, -0.05) is 48.6 Å². The Morgan fingerprint density at radius 2 is 1.97 bits per heavy atom. The Kier molecular flexibility index (Phi) is 6.05. The van der Waals surface area contributed by atoms with Gasteiger partial charge in [0.1, 0.15) is 11.4 Å². The fourth-order valence-corrected chi connectivity index (χ4v) is 4.61. The number of aromatic carboxylic acids is 1. The molecule has 2 aliphatic carbocycles. The molecule has 1 atom stereocenters. The van der Waals surface area contributed by atoms with Crippen molar-refractivity contribution in [1.82, 2.24) is 4.57 Å². The van der Waals surface area contributed by atoms with Gasteiger partial charge in [0.05, 0.1) is 12.7 Å². The van der Waals surface area contributed by atoms with E-state index in [1.807, 2.05) is 71.3 Å². The molecule has 5 nitrogen and oxygen atoms in total. The lowest BCUT2D eigenvalue weighted by atomic mass is 9.97. The van der Waals surface area contributed by atoms with Crippen LogP contribution in [0.2, 0.25) is 0 Å². The van der Waals surface area contributed by atoms with Gasteiger partial charge in [0.25, 0.3) is 0 Å². The van der Waals surface area contributed by atoms with Crippen molar-refractivity contribution < 1.29 is 19.4 Å². The highest BCUT2D eigenvalue weighted by atomic mass is 16.5. The van der Waals surface area contributed by atoms with Crippen LogP contribution in [0.3, 0.4) is 0 Å². The number of allylic oxidation sites excluding steroid dienone is 3. The van der Waals surface area contributed by atoms with Gasteiger partial charge in [-0.25, -0.2) is 4.79 Å².